The van der Waals surface area contributed by atoms with E-state index in [1.165, 1.54) is 79.6 Å². The van der Waals surface area contributed by atoms with E-state index in [0.29, 0.717) is 5.41 Å². The molecule has 3 heteroatoms. The summed E-state index contributed by atoms with van der Waals surface area (Å²) in [7, 11) is 2.33. The first-order valence-corrected chi connectivity index (χ1v) is 16.8. The van der Waals surface area contributed by atoms with Crippen molar-refractivity contribution in [1.29, 1.82) is 0 Å². The number of carbonyl (C=O) groups is 1. The summed E-state index contributed by atoms with van der Waals surface area (Å²) in [6, 6.07) is 20.2. The molecule has 0 amide bonds. The summed E-state index contributed by atoms with van der Waals surface area (Å²) in [5.41, 5.74) is 5.91. The van der Waals surface area contributed by atoms with Crippen molar-refractivity contribution in [3.63, 3.8) is 0 Å². The topological polar surface area (TPSA) is 25.2 Å². The van der Waals surface area contributed by atoms with Crippen LogP contribution in [-0.2, 0) is 11.3 Å². The maximum Gasteiger partial charge on any atom is 0.116 e. The van der Waals surface area contributed by atoms with Crippen LogP contribution in [0.1, 0.15) is 111 Å². The monoisotopic (exact) mass is 601 g/mol. The van der Waals surface area contributed by atoms with E-state index >= 15 is 0 Å². The van der Waals surface area contributed by atoms with E-state index in [-0.39, 0.29) is 0 Å². The molecule has 1 fully saturated rings. The molecule has 244 valence electrons. The molecule has 1 saturated carbocycles. The zero-order valence-electron chi connectivity index (χ0n) is 30.0. The first kappa shape index (κ1) is 40.9. The van der Waals surface area contributed by atoms with Crippen LogP contribution in [0, 0.1) is 30.6 Å². The molecule has 44 heavy (non-hydrogen) atoms. The second kappa shape index (κ2) is 23.3. The molecule has 4 rings (SSSR count). The first-order valence-electron chi connectivity index (χ1n) is 16.8. The molecule has 1 aliphatic rings. The minimum Gasteiger partial charge on any atom is -0.347 e. The molecule has 0 spiro atoms. The summed E-state index contributed by atoms with van der Waals surface area (Å²) in [5, 5.41) is 1.39. The van der Waals surface area contributed by atoms with Crippen LogP contribution in [0.3, 0.4) is 0 Å². The second-order valence-electron chi connectivity index (χ2n) is 12.7. The van der Waals surface area contributed by atoms with E-state index in [1.54, 1.807) is 6.92 Å². The van der Waals surface area contributed by atoms with Gasteiger partial charge >= 0.3 is 0 Å². The Balaban J connectivity index is 0.00000112. The summed E-state index contributed by atoms with van der Waals surface area (Å²) in [6.07, 6.45) is 16.6. The number of benzene rings is 2. The van der Waals surface area contributed by atoms with Gasteiger partial charge in [0.05, 0.1) is 0 Å². The Bertz CT molecular complexity index is 1210. The molecule has 1 heterocycles. The Morgan fingerprint density at radius 1 is 1.09 bits per heavy atom. The fourth-order valence-electron chi connectivity index (χ4n) is 5.28. The number of rotatable bonds is 8. The summed E-state index contributed by atoms with van der Waals surface area (Å²) in [5.74, 6) is 3.02. The van der Waals surface area contributed by atoms with Crippen molar-refractivity contribution in [3.05, 3.63) is 78.5 Å². The van der Waals surface area contributed by atoms with Gasteiger partial charge in [-0.25, -0.2) is 0 Å². The number of carbonyl (C=O) groups excluding carboxylic acids is 1. The van der Waals surface area contributed by atoms with Gasteiger partial charge in [0.15, 0.2) is 0 Å². The van der Waals surface area contributed by atoms with Gasteiger partial charge in [0.25, 0.3) is 0 Å². The van der Waals surface area contributed by atoms with Gasteiger partial charge in [-0.1, -0.05) is 116 Å². The number of aryl methyl sites for hydroxylation is 2. The summed E-state index contributed by atoms with van der Waals surface area (Å²) >= 11 is 0. The van der Waals surface area contributed by atoms with Crippen LogP contribution in [0.4, 0.5) is 0 Å². The van der Waals surface area contributed by atoms with Gasteiger partial charge in [0, 0.05) is 29.7 Å². The van der Waals surface area contributed by atoms with Crippen LogP contribution in [-0.4, -0.2) is 35.4 Å². The number of hydrogen-bond donors (Lipinski definition) is 0. The third kappa shape index (κ3) is 16.1. The van der Waals surface area contributed by atoms with E-state index in [9.17, 15) is 0 Å². The van der Waals surface area contributed by atoms with Gasteiger partial charge in [0.1, 0.15) is 6.29 Å². The average Bonchev–Trinajstić information content (AvgIpc) is 3.34. The predicted octanol–water partition coefficient (Wildman–Crippen LogP) is 11.2. The normalized spacial score (nSPS) is 15.5. The fourth-order valence-corrected chi connectivity index (χ4v) is 5.28. The van der Waals surface area contributed by atoms with Crippen LogP contribution in [0.2, 0.25) is 0 Å². The van der Waals surface area contributed by atoms with Gasteiger partial charge in [-0.2, -0.15) is 0 Å². The van der Waals surface area contributed by atoms with Crippen molar-refractivity contribution in [1.82, 2.24) is 9.47 Å². The molecule has 1 aliphatic carbocycles. The molecule has 0 aliphatic heterocycles. The maximum absolute atomic E-state index is 8.81. The molecule has 0 radical (unpaired) electrons. The van der Waals surface area contributed by atoms with Crippen LogP contribution >= 0.6 is 0 Å². The van der Waals surface area contributed by atoms with Crippen LogP contribution in [0.5, 0.6) is 0 Å². The smallest absolute Gasteiger partial charge is 0.116 e. The van der Waals surface area contributed by atoms with Crippen molar-refractivity contribution >= 4 is 22.8 Å². The molecule has 0 saturated heterocycles. The van der Waals surface area contributed by atoms with Gasteiger partial charge < -0.3 is 14.3 Å². The minimum absolute atomic E-state index is 0.542. The van der Waals surface area contributed by atoms with E-state index in [0.717, 1.165) is 31.2 Å². The highest BCUT2D eigenvalue weighted by Gasteiger charge is 2.25. The molecule has 2 unspecified atom stereocenters. The lowest BCUT2D eigenvalue weighted by molar-refractivity contribution is -0.106. The number of fused-ring (bicyclic) bond motifs is 1. The third-order valence-corrected chi connectivity index (χ3v) is 8.05. The van der Waals surface area contributed by atoms with E-state index < -0.39 is 0 Å². The van der Waals surface area contributed by atoms with Crippen molar-refractivity contribution < 1.29 is 4.79 Å². The highest BCUT2D eigenvalue weighted by Crippen LogP contribution is 2.34. The maximum atomic E-state index is 8.81. The van der Waals surface area contributed by atoms with Gasteiger partial charge in [-0.15, -0.1) is 12.3 Å². The predicted molar refractivity (Wildman–Crippen MR) is 197 cm³/mol. The molecule has 2 aromatic carbocycles. The van der Waals surface area contributed by atoms with Gasteiger partial charge in [0.2, 0.25) is 0 Å². The Labute approximate surface area is 272 Å². The minimum atomic E-state index is 0.542. The van der Waals surface area contributed by atoms with Crippen LogP contribution < -0.4 is 0 Å². The number of allylic oxidation sites excluding steroid dienone is 1. The molecule has 0 N–H and O–H groups in total. The Morgan fingerprint density at radius 2 is 1.64 bits per heavy atom. The highest BCUT2D eigenvalue weighted by atomic mass is 16.1. The lowest BCUT2D eigenvalue weighted by Gasteiger charge is -2.36. The quantitative estimate of drug-likeness (QED) is 0.190. The number of para-hydroxylation sites is 1. The second-order valence-corrected chi connectivity index (χ2v) is 12.7. The first-order chi connectivity index (χ1) is 21.0. The lowest BCUT2D eigenvalue weighted by atomic mass is 9.80. The van der Waals surface area contributed by atoms with E-state index in [4.69, 9.17) is 4.79 Å². The number of hydrogen-bond acceptors (Lipinski definition) is 2. The number of aromatic nitrogens is 1. The van der Waals surface area contributed by atoms with Gasteiger partial charge in [-0.3, -0.25) is 0 Å². The van der Waals surface area contributed by atoms with Crippen molar-refractivity contribution in [2.75, 3.05) is 13.6 Å². The number of terminal acetylenes is 1. The number of aldehydes is 1. The Hall–Kier alpha value is -3.09. The molecule has 0 bridgehead atoms. The van der Waals surface area contributed by atoms with Gasteiger partial charge in [-0.05, 0) is 94.1 Å². The molecular formula is C41H64N2O. The summed E-state index contributed by atoms with van der Waals surface area (Å²) in [6.45, 7) is 24.9. The average molecular weight is 601 g/mol. The van der Waals surface area contributed by atoms with Crippen molar-refractivity contribution in [2.24, 2.45) is 11.3 Å². The molecule has 1 aromatic heterocycles. The Kier molecular flexibility index (Phi) is 21.7. The highest BCUT2D eigenvalue weighted by molar-refractivity contribution is 5.83. The largest absolute Gasteiger partial charge is 0.347 e. The fraction of sp³-hybridized carbons (Fsp3) is 0.537. The zero-order valence-corrected chi connectivity index (χ0v) is 30.0. The molecule has 3 nitrogen and oxygen atoms in total. The third-order valence-electron chi connectivity index (χ3n) is 8.05. The van der Waals surface area contributed by atoms with E-state index in [2.05, 4.69) is 131 Å². The molecule has 2 atom stereocenters. The van der Waals surface area contributed by atoms with Crippen LogP contribution in [0.25, 0.3) is 16.5 Å². The number of nitrogens with zero attached hydrogens (tertiary/aromatic N) is 2. The SMILES string of the molecule is C#CC.C=C(CC1CCCC(N(C)CCCn2cc(C)c3ccccc32)C1)c1ccccc1.CC.CC=O.CCC(C)(C)C. The standard InChI is InChI=1S/C28H36N2.C6H14.C3H4.C2H4O.C2H6/c1-22(25-12-5-4-6-13-25)19-24-11-9-14-26(20-24)29(3)17-10-18-30-21-23(2)27-15-7-8-16-28(27)30;1-5-6(2,3)4;1-3-2;1-2-3;1-2/h4-8,12-13,15-16,21,24,26H,1,9-11,14,17-20H2,2-3H3;5H2,1-4H3;1H,2H3;2H,1H3;1-2H3. The Morgan fingerprint density at radius 3 is 2.20 bits per heavy atom. The molecular weight excluding hydrogens is 536 g/mol. The zero-order chi connectivity index (χ0) is 33.5. The summed E-state index contributed by atoms with van der Waals surface area (Å²) < 4.78 is 2.44. The lowest BCUT2D eigenvalue weighted by Crippen LogP contribution is -2.37. The van der Waals surface area contributed by atoms with Crippen molar-refractivity contribution in [2.45, 2.75) is 120 Å². The van der Waals surface area contributed by atoms with Crippen LogP contribution in [0.15, 0.2) is 67.4 Å². The van der Waals surface area contributed by atoms with Crippen molar-refractivity contribution in [3.8, 4) is 12.3 Å². The summed E-state index contributed by atoms with van der Waals surface area (Å²) in [4.78, 5) is 11.4. The van der Waals surface area contributed by atoms with E-state index in [1.807, 2.05) is 13.8 Å². The molecule has 3 aromatic rings.